The van der Waals surface area contributed by atoms with Gasteiger partial charge in [-0.15, -0.1) is 0 Å². The van der Waals surface area contributed by atoms with E-state index in [0.29, 0.717) is 0 Å². The van der Waals surface area contributed by atoms with Crippen LogP contribution in [0.2, 0.25) is 0 Å². The van der Waals surface area contributed by atoms with Crippen LogP contribution in [-0.4, -0.2) is 0 Å². The second kappa shape index (κ2) is 4.46. The number of allylic oxidation sites excluding steroid dienone is 2. The molecule has 1 aromatic carbocycles. The van der Waals surface area contributed by atoms with Gasteiger partial charge >= 0.3 is 0 Å². The normalized spacial score (nSPS) is 11.2. The Morgan fingerprint density at radius 1 is 1.35 bits per heavy atom. The van der Waals surface area contributed by atoms with Crippen LogP contribution in [0, 0.1) is 0 Å². The van der Waals surface area contributed by atoms with E-state index in [9.17, 15) is 0 Å². The van der Waals surface area contributed by atoms with E-state index < -0.39 is 0 Å². The third-order valence-corrected chi connectivity index (χ3v) is 2.77. The lowest BCUT2D eigenvalue weighted by atomic mass is 10.0. The van der Waals surface area contributed by atoms with E-state index in [1.165, 1.54) is 0 Å². The predicted octanol–water partition coefficient (Wildman–Crippen LogP) is 5.14. The smallest absolute Gasteiger partial charge is 0.136 e. The molecule has 1 aromatic heterocycles. The molecule has 0 saturated heterocycles. The van der Waals surface area contributed by atoms with Crippen LogP contribution in [-0.2, 0) is 0 Å². The van der Waals surface area contributed by atoms with Crippen LogP contribution in [0.25, 0.3) is 28.7 Å². The number of rotatable bonds is 3. The first-order valence-electron chi connectivity index (χ1n) is 5.65. The van der Waals surface area contributed by atoms with Gasteiger partial charge < -0.3 is 4.42 Å². The van der Waals surface area contributed by atoms with Crippen LogP contribution in [0.3, 0.4) is 0 Å². The number of benzene rings is 1. The van der Waals surface area contributed by atoms with Gasteiger partial charge in [0, 0.05) is 10.9 Å². The van der Waals surface area contributed by atoms with Crippen molar-refractivity contribution in [2.45, 2.75) is 13.8 Å². The summed E-state index contributed by atoms with van der Waals surface area (Å²) in [7, 11) is 0. The Morgan fingerprint density at radius 2 is 2.12 bits per heavy atom. The minimum Gasteiger partial charge on any atom is -0.456 e. The van der Waals surface area contributed by atoms with Gasteiger partial charge in [-0.25, -0.2) is 0 Å². The highest BCUT2D eigenvalue weighted by atomic mass is 16.3. The van der Waals surface area contributed by atoms with Crippen LogP contribution in [0.5, 0.6) is 0 Å². The first kappa shape index (κ1) is 11.5. The van der Waals surface area contributed by atoms with Gasteiger partial charge in [-0.2, -0.15) is 0 Å². The molecule has 0 radical (unpaired) electrons. The summed E-state index contributed by atoms with van der Waals surface area (Å²) in [6.45, 7) is 11.7. The van der Waals surface area contributed by atoms with Gasteiger partial charge in [0.25, 0.3) is 0 Å². The van der Waals surface area contributed by atoms with Gasteiger partial charge in [-0.3, -0.25) is 0 Å². The fourth-order valence-electron chi connectivity index (χ4n) is 1.89. The number of hydrogen-bond donors (Lipinski definition) is 0. The first-order chi connectivity index (χ1) is 8.17. The third-order valence-electron chi connectivity index (χ3n) is 2.77. The van der Waals surface area contributed by atoms with E-state index in [1.54, 1.807) is 6.08 Å². The fraction of sp³-hybridized carbons (Fsp3) is 0.125. The van der Waals surface area contributed by atoms with E-state index in [0.717, 1.165) is 33.4 Å². The van der Waals surface area contributed by atoms with E-state index in [1.807, 2.05) is 32.1 Å². The molecule has 0 aliphatic heterocycles. The average molecular weight is 224 g/mol. The van der Waals surface area contributed by atoms with Crippen molar-refractivity contribution in [3.05, 3.63) is 54.3 Å². The summed E-state index contributed by atoms with van der Waals surface area (Å²) in [5.74, 6) is 0.817. The zero-order valence-electron chi connectivity index (χ0n) is 10.3. The second-order valence-corrected chi connectivity index (χ2v) is 4.08. The molecular weight excluding hydrogens is 208 g/mol. The maximum absolute atomic E-state index is 5.78. The maximum Gasteiger partial charge on any atom is 0.136 e. The van der Waals surface area contributed by atoms with Crippen molar-refractivity contribution in [2.75, 3.05) is 0 Å². The SMILES string of the molecule is C=Cc1oc2cc(C(=C)C)ccc2c1/C=C\C. The van der Waals surface area contributed by atoms with E-state index in [2.05, 4.69) is 25.3 Å². The highest BCUT2D eigenvalue weighted by Crippen LogP contribution is 2.30. The lowest BCUT2D eigenvalue weighted by molar-refractivity contribution is 0.603. The summed E-state index contributed by atoms with van der Waals surface area (Å²) in [4.78, 5) is 0. The third kappa shape index (κ3) is 1.96. The van der Waals surface area contributed by atoms with Crippen molar-refractivity contribution in [2.24, 2.45) is 0 Å². The molecule has 0 bridgehead atoms. The van der Waals surface area contributed by atoms with E-state index >= 15 is 0 Å². The van der Waals surface area contributed by atoms with Crippen LogP contribution in [0.15, 0.2) is 41.9 Å². The molecule has 0 saturated carbocycles. The van der Waals surface area contributed by atoms with Gasteiger partial charge in [0.1, 0.15) is 11.3 Å². The monoisotopic (exact) mass is 224 g/mol. The maximum atomic E-state index is 5.78. The van der Waals surface area contributed by atoms with Gasteiger partial charge in [0.15, 0.2) is 0 Å². The zero-order chi connectivity index (χ0) is 12.4. The van der Waals surface area contributed by atoms with Crippen molar-refractivity contribution in [1.29, 1.82) is 0 Å². The summed E-state index contributed by atoms with van der Waals surface area (Å²) in [6, 6.07) is 6.17. The van der Waals surface area contributed by atoms with Crippen molar-refractivity contribution in [1.82, 2.24) is 0 Å². The zero-order valence-corrected chi connectivity index (χ0v) is 10.3. The van der Waals surface area contributed by atoms with Crippen LogP contribution >= 0.6 is 0 Å². The minimum absolute atomic E-state index is 0.817. The van der Waals surface area contributed by atoms with Gasteiger partial charge in [0.2, 0.25) is 0 Å². The quantitative estimate of drug-likeness (QED) is 0.703. The Hall–Kier alpha value is -2.02. The lowest BCUT2D eigenvalue weighted by Gasteiger charge is -1.98. The predicted molar refractivity (Wildman–Crippen MR) is 75.7 cm³/mol. The molecular formula is C16H16O. The van der Waals surface area contributed by atoms with Crippen LogP contribution < -0.4 is 0 Å². The topological polar surface area (TPSA) is 13.1 Å². The van der Waals surface area contributed by atoms with Crippen molar-refractivity contribution in [3.8, 4) is 0 Å². The van der Waals surface area contributed by atoms with Crippen LogP contribution in [0.4, 0.5) is 0 Å². The average Bonchev–Trinajstić information content (AvgIpc) is 2.67. The lowest BCUT2D eigenvalue weighted by Crippen LogP contribution is -1.77. The molecule has 1 heteroatoms. The molecule has 0 fully saturated rings. The standard InChI is InChI=1S/C16H16O/c1-5-7-13-14-9-8-12(11(3)4)10-16(14)17-15(13)6-2/h5-10H,2-3H2,1,4H3/b7-5-. The highest BCUT2D eigenvalue weighted by Gasteiger charge is 2.09. The minimum atomic E-state index is 0.817. The summed E-state index contributed by atoms with van der Waals surface area (Å²) in [6.07, 6.45) is 5.79. The molecule has 0 N–H and O–H groups in total. The fourth-order valence-corrected chi connectivity index (χ4v) is 1.89. The molecule has 0 unspecified atom stereocenters. The van der Waals surface area contributed by atoms with Gasteiger partial charge in [-0.05, 0) is 37.6 Å². The van der Waals surface area contributed by atoms with E-state index in [-0.39, 0.29) is 0 Å². The van der Waals surface area contributed by atoms with Crippen molar-refractivity contribution >= 4 is 28.7 Å². The largest absolute Gasteiger partial charge is 0.456 e. The molecule has 1 nitrogen and oxygen atoms in total. The molecule has 17 heavy (non-hydrogen) atoms. The molecule has 0 aliphatic carbocycles. The molecule has 0 amide bonds. The Morgan fingerprint density at radius 3 is 2.71 bits per heavy atom. The molecule has 2 aromatic rings. The first-order valence-corrected chi connectivity index (χ1v) is 5.65. The summed E-state index contributed by atoms with van der Waals surface area (Å²) >= 11 is 0. The number of hydrogen-bond acceptors (Lipinski definition) is 1. The van der Waals surface area contributed by atoms with E-state index in [4.69, 9.17) is 4.42 Å². The molecule has 0 aliphatic rings. The molecule has 0 spiro atoms. The Balaban J connectivity index is 2.73. The van der Waals surface area contributed by atoms with Gasteiger partial charge in [-0.1, -0.05) is 36.9 Å². The molecule has 2 rings (SSSR count). The highest BCUT2D eigenvalue weighted by molar-refractivity contribution is 5.92. The number of furan rings is 1. The number of fused-ring (bicyclic) bond motifs is 1. The Bertz CT molecular complexity index is 612. The van der Waals surface area contributed by atoms with Crippen molar-refractivity contribution in [3.63, 3.8) is 0 Å². The second-order valence-electron chi connectivity index (χ2n) is 4.08. The molecule has 1 heterocycles. The Kier molecular flexibility index (Phi) is 3.01. The summed E-state index contributed by atoms with van der Waals surface area (Å²) in [5, 5.41) is 1.11. The summed E-state index contributed by atoms with van der Waals surface area (Å²) in [5.41, 5.74) is 4.11. The summed E-state index contributed by atoms with van der Waals surface area (Å²) < 4.78 is 5.78. The van der Waals surface area contributed by atoms with Gasteiger partial charge in [0.05, 0.1) is 0 Å². The van der Waals surface area contributed by atoms with Crippen molar-refractivity contribution < 1.29 is 4.42 Å². The Labute approximate surface area is 102 Å². The molecule has 86 valence electrons. The molecule has 0 atom stereocenters. The van der Waals surface area contributed by atoms with Crippen LogP contribution in [0.1, 0.15) is 30.7 Å².